The number of rotatable bonds is 3. The molecule has 0 fully saturated rings. The van der Waals surface area contributed by atoms with Gasteiger partial charge in [0.05, 0.1) is 5.92 Å². The van der Waals surface area contributed by atoms with Gasteiger partial charge >= 0.3 is 5.97 Å². The summed E-state index contributed by atoms with van der Waals surface area (Å²) in [5.41, 5.74) is 0.775. The fourth-order valence-corrected chi connectivity index (χ4v) is 2.03. The number of halogens is 1. The predicted molar refractivity (Wildman–Crippen MR) is 59.3 cm³/mol. The number of carbonyl (C=O) groups is 1. The SMILES string of the molecule is CSc1ccc(Cl)cc1C(C)C(=O)O. The van der Waals surface area contributed by atoms with E-state index >= 15 is 0 Å². The molecule has 0 radical (unpaired) electrons. The molecule has 0 aliphatic heterocycles. The second kappa shape index (κ2) is 4.71. The van der Waals surface area contributed by atoms with E-state index in [4.69, 9.17) is 16.7 Å². The van der Waals surface area contributed by atoms with Gasteiger partial charge in [0.2, 0.25) is 0 Å². The number of carboxylic acid groups (broad SMARTS) is 1. The number of hydrogen-bond acceptors (Lipinski definition) is 2. The minimum absolute atomic E-state index is 0.517. The van der Waals surface area contributed by atoms with E-state index in [1.807, 2.05) is 12.3 Å². The number of hydrogen-bond donors (Lipinski definition) is 1. The summed E-state index contributed by atoms with van der Waals surface area (Å²) in [6, 6.07) is 5.33. The first kappa shape index (κ1) is 11.4. The molecule has 0 aliphatic carbocycles. The maximum absolute atomic E-state index is 10.8. The van der Waals surface area contributed by atoms with E-state index in [9.17, 15) is 4.79 Å². The van der Waals surface area contributed by atoms with E-state index in [0.717, 1.165) is 10.5 Å². The molecule has 0 bridgehead atoms. The number of thioether (sulfide) groups is 1. The molecule has 2 nitrogen and oxygen atoms in total. The zero-order valence-corrected chi connectivity index (χ0v) is 9.52. The lowest BCUT2D eigenvalue weighted by Crippen LogP contribution is -2.08. The van der Waals surface area contributed by atoms with Gasteiger partial charge in [0.25, 0.3) is 0 Å². The van der Waals surface area contributed by atoms with Crippen molar-refractivity contribution in [3.8, 4) is 0 Å². The number of carboxylic acids is 1. The van der Waals surface area contributed by atoms with Gasteiger partial charge in [-0.1, -0.05) is 11.6 Å². The molecule has 0 aromatic heterocycles. The molecule has 0 heterocycles. The Morgan fingerprint density at radius 2 is 2.21 bits per heavy atom. The van der Waals surface area contributed by atoms with Crippen LogP contribution < -0.4 is 0 Å². The van der Waals surface area contributed by atoms with Crippen LogP contribution in [-0.4, -0.2) is 17.3 Å². The maximum Gasteiger partial charge on any atom is 0.310 e. The standard InChI is InChI=1S/C10H11ClO2S/c1-6(10(12)13)8-5-7(11)3-4-9(8)14-2/h3-6H,1-2H3,(H,12,13). The zero-order chi connectivity index (χ0) is 10.7. The molecule has 0 amide bonds. The summed E-state index contributed by atoms with van der Waals surface area (Å²) in [4.78, 5) is 11.8. The summed E-state index contributed by atoms with van der Waals surface area (Å²) in [5.74, 6) is -1.35. The van der Waals surface area contributed by atoms with Gasteiger partial charge < -0.3 is 5.11 Å². The van der Waals surface area contributed by atoms with Crippen LogP contribution in [-0.2, 0) is 4.79 Å². The average molecular weight is 231 g/mol. The lowest BCUT2D eigenvalue weighted by molar-refractivity contribution is -0.138. The summed E-state index contributed by atoms with van der Waals surface area (Å²) in [6.07, 6.45) is 1.92. The smallest absolute Gasteiger partial charge is 0.310 e. The average Bonchev–Trinajstić information content (AvgIpc) is 2.16. The molecular formula is C10H11ClO2S. The van der Waals surface area contributed by atoms with Crippen LogP contribution in [0, 0.1) is 0 Å². The van der Waals surface area contributed by atoms with Gasteiger partial charge in [-0.2, -0.15) is 0 Å². The van der Waals surface area contributed by atoms with Crippen LogP contribution in [0.3, 0.4) is 0 Å². The lowest BCUT2D eigenvalue weighted by Gasteiger charge is -2.11. The quantitative estimate of drug-likeness (QED) is 0.810. The normalized spacial score (nSPS) is 12.5. The van der Waals surface area contributed by atoms with Crippen LogP contribution in [0.25, 0.3) is 0 Å². The molecule has 1 N–H and O–H groups in total. The molecule has 1 aromatic carbocycles. The fourth-order valence-electron chi connectivity index (χ4n) is 1.18. The summed E-state index contributed by atoms with van der Waals surface area (Å²) in [6.45, 7) is 1.66. The predicted octanol–water partition coefficient (Wildman–Crippen LogP) is 3.25. The van der Waals surface area contributed by atoms with Gasteiger partial charge in [0.1, 0.15) is 0 Å². The highest BCUT2D eigenvalue weighted by Gasteiger charge is 2.17. The van der Waals surface area contributed by atoms with E-state index in [0.29, 0.717) is 5.02 Å². The Bertz CT molecular complexity index is 352. The highest BCUT2D eigenvalue weighted by molar-refractivity contribution is 7.98. The molecule has 1 rings (SSSR count). The third-order valence-electron chi connectivity index (χ3n) is 2.03. The molecule has 76 valence electrons. The Kier molecular flexibility index (Phi) is 3.84. The Morgan fingerprint density at radius 1 is 1.57 bits per heavy atom. The molecule has 14 heavy (non-hydrogen) atoms. The zero-order valence-electron chi connectivity index (χ0n) is 7.95. The van der Waals surface area contributed by atoms with Crippen LogP contribution in [0.2, 0.25) is 5.02 Å². The molecule has 1 aromatic rings. The van der Waals surface area contributed by atoms with Gasteiger partial charge in [-0.05, 0) is 36.9 Å². The van der Waals surface area contributed by atoms with Crippen LogP contribution in [0.15, 0.2) is 23.1 Å². The third-order valence-corrected chi connectivity index (χ3v) is 3.08. The monoisotopic (exact) mass is 230 g/mol. The largest absolute Gasteiger partial charge is 0.481 e. The van der Waals surface area contributed by atoms with Crippen molar-refractivity contribution in [3.05, 3.63) is 28.8 Å². The molecule has 0 saturated carbocycles. The van der Waals surface area contributed by atoms with Crippen molar-refractivity contribution in [1.29, 1.82) is 0 Å². The summed E-state index contributed by atoms with van der Waals surface area (Å²) in [5, 5.41) is 9.47. The first-order valence-electron chi connectivity index (χ1n) is 4.12. The summed E-state index contributed by atoms with van der Waals surface area (Å²) in [7, 11) is 0. The van der Waals surface area contributed by atoms with Crippen molar-refractivity contribution in [2.75, 3.05) is 6.26 Å². The van der Waals surface area contributed by atoms with Crippen molar-refractivity contribution in [2.45, 2.75) is 17.7 Å². The van der Waals surface area contributed by atoms with Crippen molar-refractivity contribution >= 4 is 29.3 Å². The molecule has 0 spiro atoms. The first-order chi connectivity index (χ1) is 6.56. The molecule has 4 heteroatoms. The number of benzene rings is 1. The summed E-state index contributed by atoms with van der Waals surface area (Å²) >= 11 is 7.35. The Hall–Kier alpha value is -0.670. The van der Waals surface area contributed by atoms with Gasteiger partial charge in [-0.15, -0.1) is 11.8 Å². The Labute approximate surface area is 92.3 Å². The van der Waals surface area contributed by atoms with Crippen molar-refractivity contribution in [2.24, 2.45) is 0 Å². The molecule has 0 aliphatic rings. The van der Waals surface area contributed by atoms with E-state index in [2.05, 4.69) is 0 Å². The van der Waals surface area contributed by atoms with Crippen LogP contribution >= 0.6 is 23.4 Å². The number of aliphatic carboxylic acids is 1. The van der Waals surface area contributed by atoms with Crippen molar-refractivity contribution in [1.82, 2.24) is 0 Å². The van der Waals surface area contributed by atoms with Gasteiger partial charge in [0.15, 0.2) is 0 Å². The van der Waals surface area contributed by atoms with Crippen molar-refractivity contribution in [3.63, 3.8) is 0 Å². The molecule has 0 saturated heterocycles. The molecule has 1 unspecified atom stereocenters. The third kappa shape index (κ3) is 2.42. The summed E-state index contributed by atoms with van der Waals surface area (Å²) < 4.78 is 0. The van der Waals surface area contributed by atoms with Gasteiger partial charge in [0, 0.05) is 9.92 Å². The van der Waals surface area contributed by atoms with Gasteiger partial charge in [-0.25, -0.2) is 0 Å². The first-order valence-corrected chi connectivity index (χ1v) is 5.72. The molecular weight excluding hydrogens is 220 g/mol. The van der Waals surface area contributed by atoms with E-state index in [1.54, 1.807) is 19.1 Å². The van der Waals surface area contributed by atoms with Crippen molar-refractivity contribution < 1.29 is 9.90 Å². The van der Waals surface area contributed by atoms with Crippen LogP contribution in [0.5, 0.6) is 0 Å². The van der Waals surface area contributed by atoms with Gasteiger partial charge in [-0.3, -0.25) is 4.79 Å². The minimum Gasteiger partial charge on any atom is -0.481 e. The highest BCUT2D eigenvalue weighted by atomic mass is 35.5. The van der Waals surface area contributed by atoms with E-state index in [-0.39, 0.29) is 0 Å². The minimum atomic E-state index is -0.831. The second-order valence-corrected chi connectivity index (χ2v) is 4.23. The Morgan fingerprint density at radius 3 is 2.71 bits per heavy atom. The lowest BCUT2D eigenvalue weighted by atomic mass is 10.0. The second-order valence-electron chi connectivity index (χ2n) is 2.95. The fraction of sp³-hybridized carbons (Fsp3) is 0.300. The maximum atomic E-state index is 10.8. The van der Waals surface area contributed by atoms with E-state index < -0.39 is 11.9 Å². The topological polar surface area (TPSA) is 37.3 Å². The van der Waals surface area contributed by atoms with Crippen LogP contribution in [0.4, 0.5) is 0 Å². The molecule has 1 atom stereocenters. The highest BCUT2D eigenvalue weighted by Crippen LogP contribution is 2.29. The van der Waals surface area contributed by atoms with E-state index in [1.165, 1.54) is 11.8 Å². The van der Waals surface area contributed by atoms with Crippen LogP contribution in [0.1, 0.15) is 18.4 Å². The Balaban J connectivity index is 3.16.